The van der Waals surface area contributed by atoms with Gasteiger partial charge < -0.3 is 15.0 Å². The van der Waals surface area contributed by atoms with Crippen LogP contribution in [0.2, 0.25) is 0 Å². The van der Waals surface area contributed by atoms with E-state index in [-0.39, 0.29) is 42.0 Å². The molecule has 19 heteroatoms. The second-order valence-corrected chi connectivity index (χ2v) is 20.2. The number of aromatic nitrogens is 12. The first-order valence-electron chi connectivity index (χ1n) is 24.8. The Morgan fingerprint density at radius 3 is 1.42 bits per heavy atom. The Morgan fingerprint density at radius 1 is 0.568 bits per heavy atom. The number of imidazole rings is 2. The zero-order valence-corrected chi connectivity index (χ0v) is 43.4. The number of piperidine rings is 2. The van der Waals surface area contributed by atoms with Gasteiger partial charge in [-0.3, -0.25) is 47.6 Å². The maximum absolute atomic E-state index is 13.5. The fraction of sp³-hybridized carbons (Fsp3) is 0.327. The number of halogens is 1. The molecule has 2 aliphatic rings. The number of rotatable bonds is 6. The van der Waals surface area contributed by atoms with Crippen LogP contribution in [-0.2, 0) is 32.9 Å². The number of nitrogens with one attached hydrogen (secondary N) is 1. The highest BCUT2D eigenvalue weighted by Crippen LogP contribution is 2.35. The summed E-state index contributed by atoms with van der Waals surface area (Å²) in [6.07, 6.45) is 17.8. The van der Waals surface area contributed by atoms with Crippen LogP contribution in [0.4, 0.5) is 4.79 Å². The average Bonchev–Trinajstić information content (AvgIpc) is 4.17. The quantitative estimate of drug-likeness (QED) is 0.168. The molecule has 12 rings (SSSR count). The van der Waals surface area contributed by atoms with Gasteiger partial charge in [0.1, 0.15) is 5.60 Å². The summed E-state index contributed by atoms with van der Waals surface area (Å²) in [5.41, 5.74) is 12.4. The lowest BCUT2D eigenvalue weighted by atomic mass is 10.0. The van der Waals surface area contributed by atoms with E-state index in [1.807, 2.05) is 119 Å². The highest BCUT2D eigenvalue weighted by atomic mass is 35.5. The Balaban J connectivity index is 0.000000170. The molecule has 0 radical (unpaired) electrons. The van der Waals surface area contributed by atoms with Crippen LogP contribution in [0.1, 0.15) is 58.5 Å². The molecule has 10 heterocycles. The van der Waals surface area contributed by atoms with Crippen LogP contribution < -0.4 is 16.7 Å². The van der Waals surface area contributed by atoms with E-state index in [9.17, 15) is 14.4 Å². The molecule has 8 aromatic heterocycles. The summed E-state index contributed by atoms with van der Waals surface area (Å²) < 4.78 is 16.4. The largest absolute Gasteiger partial charge is 0.444 e. The monoisotopic (exact) mass is 1010 g/mol. The maximum Gasteiger partial charge on any atom is 0.410 e. The summed E-state index contributed by atoms with van der Waals surface area (Å²) in [6.45, 7) is 8.52. The summed E-state index contributed by atoms with van der Waals surface area (Å²) in [6, 6.07) is 20.7. The topological polar surface area (TPSA) is 183 Å². The van der Waals surface area contributed by atoms with Crippen molar-refractivity contribution in [2.75, 3.05) is 26.2 Å². The van der Waals surface area contributed by atoms with Gasteiger partial charge in [-0.1, -0.05) is 24.3 Å². The molecule has 1 amide bonds. The molecule has 74 heavy (non-hydrogen) atoms. The van der Waals surface area contributed by atoms with E-state index in [0.717, 1.165) is 115 Å². The summed E-state index contributed by atoms with van der Waals surface area (Å²) in [5.74, 6) is 0. The van der Waals surface area contributed by atoms with Gasteiger partial charge in [-0.05, 0) is 107 Å². The maximum atomic E-state index is 13.5. The van der Waals surface area contributed by atoms with Crippen LogP contribution in [0.25, 0.3) is 88.6 Å². The molecule has 0 saturated carbocycles. The Bertz CT molecular complexity index is 3830. The molecule has 380 valence electrons. The minimum atomic E-state index is -0.543. The van der Waals surface area contributed by atoms with Gasteiger partial charge in [0.05, 0.1) is 69.3 Å². The first-order valence-corrected chi connectivity index (χ1v) is 24.8. The lowest BCUT2D eigenvalue weighted by molar-refractivity contribution is 0.0188. The highest BCUT2D eigenvalue weighted by molar-refractivity contribution is 6.05. The van der Waals surface area contributed by atoms with E-state index >= 15 is 0 Å². The highest BCUT2D eigenvalue weighted by Gasteiger charge is 2.30. The number of hydrogen-bond acceptors (Lipinski definition) is 11. The number of nitrogens with zero attached hydrogens (tertiary/aromatic N) is 13. The zero-order valence-electron chi connectivity index (χ0n) is 42.6. The van der Waals surface area contributed by atoms with Crippen LogP contribution in [0.3, 0.4) is 0 Å². The van der Waals surface area contributed by atoms with Crippen molar-refractivity contribution >= 4 is 62.4 Å². The van der Waals surface area contributed by atoms with Gasteiger partial charge in [0, 0.05) is 111 Å². The van der Waals surface area contributed by atoms with E-state index in [2.05, 4.69) is 65.8 Å². The summed E-state index contributed by atoms with van der Waals surface area (Å²) in [5, 5.41) is 13.8. The number of carbonyl (C=O) groups excluding carboxylic acids is 1. The van der Waals surface area contributed by atoms with Crippen molar-refractivity contribution in [3.63, 3.8) is 0 Å². The molecule has 0 atom stereocenters. The Labute approximate surface area is 432 Å². The van der Waals surface area contributed by atoms with Gasteiger partial charge in [-0.2, -0.15) is 10.2 Å². The van der Waals surface area contributed by atoms with Gasteiger partial charge >= 0.3 is 17.5 Å². The van der Waals surface area contributed by atoms with Crippen LogP contribution in [0.5, 0.6) is 0 Å². The predicted octanol–water partition coefficient (Wildman–Crippen LogP) is 8.62. The average molecular weight is 1020 g/mol. The molecule has 2 saturated heterocycles. The van der Waals surface area contributed by atoms with Crippen LogP contribution in [0.15, 0.2) is 120 Å². The van der Waals surface area contributed by atoms with E-state index in [1.165, 1.54) is 0 Å². The van der Waals surface area contributed by atoms with Crippen LogP contribution >= 0.6 is 12.4 Å². The number of aryl methyl sites for hydroxylation is 4. The van der Waals surface area contributed by atoms with Gasteiger partial charge in [-0.15, -0.1) is 12.4 Å². The lowest BCUT2D eigenvalue weighted by Gasteiger charge is -2.33. The van der Waals surface area contributed by atoms with E-state index in [1.54, 1.807) is 42.8 Å². The second-order valence-electron chi connectivity index (χ2n) is 20.2. The van der Waals surface area contributed by atoms with Crippen LogP contribution in [0, 0.1) is 0 Å². The molecule has 0 spiro atoms. The van der Waals surface area contributed by atoms with Gasteiger partial charge in [0.2, 0.25) is 0 Å². The number of carbonyl (C=O) groups is 1. The molecule has 0 unspecified atom stereocenters. The summed E-state index contributed by atoms with van der Waals surface area (Å²) >= 11 is 0. The lowest BCUT2D eigenvalue weighted by Crippen LogP contribution is -2.43. The number of ether oxygens (including phenoxy) is 1. The minimum Gasteiger partial charge on any atom is -0.444 e. The van der Waals surface area contributed by atoms with Gasteiger partial charge in [-0.25, -0.2) is 14.4 Å². The summed E-state index contributed by atoms with van der Waals surface area (Å²) in [4.78, 5) is 59.7. The molecule has 18 nitrogen and oxygen atoms in total. The Hall–Kier alpha value is -7.96. The second kappa shape index (κ2) is 19.8. The molecular weight excluding hydrogens is 956 g/mol. The molecule has 10 aromatic rings. The SMILES string of the molecule is Cl.Cn1cc(-c2ccc(-c3ccc4ncc5c(c4c3)n(C3CCN(C(=O)OC(C)(C)C)CC3)c(=O)n5C)cn2)cn1.Cn1cc(-c2ccc(-c3ccc4ncc5c(c4c3)n(C3CCNCC3)c(=O)n5C)cn2)cn1. The van der Waals surface area contributed by atoms with Crippen molar-refractivity contribution in [2.24, 2.45) is 28.2 Å². The molecule has 2 aliphatic heterocycles. The first kappa shape index (κ1) is 49.6. The standard InChI is InChI=1S/C30H33N7O3.C25H25N7O.ClH/c1-30(2,3)40-29(39)36-12-10-22(11-13-36)37-27-23-14-19(6-9-25(23)32-17-26(27)35(5)28(37)38)20-7-8-24(31-15-20)21-16-33-34(4)18-21;1-30-15-18(13-29-30)21-5-4-17(12-27-21)16-3-6-22-20(11-16)24-23(14-28-22)31(2)25(33)32(24)19-7-9-26-10-8-19;/h6-9,14-18,22H,10-13H2,1-5H3;3-6,11-15,19,26H,7-10H2,1-2H3;1H. The molecule has 1 N–H and O–H groups in total. The third kappa shape index (κ3) is 9.34. The zero-order chi connectivity index (χ0) is 50.7. The molecular formula is C55H59ClN14O4. The van der Waals surface area contributed by atoms with Crippen molar-refractivity contribution in [3.8, 4) is 44.8 Å². The minimum absolute atomic E-state index is 0. The summed E-state index contributed by atoms with van der Waals surface area (Å²) in [7, 11) is 7.40. The Kier molecular flexibility index (Phi) is 13.3. The number of pyridine rings is 4. The van der Waals surface area contributed by atoms with Gasteiger partial charge in [0.15, 0.2) is 0 Å². The van der Waals surface area contributed by atoms with Crippen molar-refractivity contribution in [2.45, 2.75) is 64.1 Å². The first-order chi connectivity index (χ1) is 35.2. The van der Waals surface area contributed by atoms with Crippen molar-refractivity contribution < 1.29 is 9.53 Å². The molecule has 2 aromatic carbocycles. The van der Waals surface area contributed by atoms with Crippen molar-refractivity contribution in [1.82, 2.24) is 68.0 Å². The third-order valence-electron chi connectivity index (χ3n) is 14.2. The van der Waals surface area contributed by atoms with Crippen molar-refractivity contribution in [3.05, 3.63) is 131 Å². The number of likely N-dealkylation sites (tertiary alicyclic amines) is 1. The van der Waals surface area contributed by atoms with Crippen LogP contribution in [-0.4, -0.2) is 101 Å². The third-order valence-corrected chi connectivity index (χ3v) is 14.2. The Morgan fingerprint density at radius 2 is 1.01 bits per heavy atom. The van der Waals surface area contributed by atoms with E-state index in [0.29, 0.717) is 25.9 Å². The van der Waals surface area contributed by atoms with E-state index < -0.39 is 5.60 Å². The number of benzene rings is 2. The predicted molar refractivity (Wildman–Crippen MR) is 290 cm³/mol. The molecule has 2 fully saturated rings. The number of amides is 1. The smallest absolute Gasteiger partial charge is 0.410 e. The van der Waals surface area contributed by atoms with Gasteiger partial charge in [0.25, 0.3) is 0 Å². The fourth-order valence-corrected chi connectivity index (χ4v) is 10.4. The number of fused-ring (bicyclic) bond motifs is 6. The molecule has 0 bridgehead atoms. The van der Waals surface area contributed by atoms with Crippen molar-refractivity contribution in [1.29, 1.82) is 0 Å². The normalized spacial score (nSPS) is 14.7. The fourth-order valence-electron chi connectivity index (χ4n) is 10.4. The molecule has 0 aliphatic carbocycles. The van der Waals surface area contributed by atoms with E-state index in [4.69, 9.17) is 4.74 Å². The number of hydrogen-bond donors (Lipinski definition) is 1.